The minimum absolute atomic E-state index is 0.0255. The van der Waals surface area contributed by atoms with Gasteiger partial charge in [-0.25, -0.2) is 0 Å². The molecule has 0 bridgehead atoms. The van der Waals surface area contributed by atoms with Crippen molar-refractivity contribution in [2.45, 2.75) is 18.6 Å². The van der Waals surface area contributed by atoms with Crippen LogP contribution < -0.4 is 10.6 Å². The van der Waals surface area contributed by atoms with Gasteiger partial charge in [-0.05, 0) is 18.6 Å². The monoisotopic (exact) mass is 251 g/mol. The second-order valence-corrected chi connectivity index (χ2v) is 4.14. The van der Waals surface area contributed by atoms with Gasteiger partial charge in [0.1, 0.15) is 0 Å². The Hall–Kier alpha value is -1.99. The highest BCUT2D eigenvalue weighted by Gasteiger charge is 2.27. The van der Waals surface area contributed by atoms with Gasteiger partial charge in [-0.15, -0.1) is 0 Å². The molecule has 7 nitrogen and oxygen atoms in total. The van der Waals surface area contributed by atoms with Gasteiger partial charge in [0.2, 0.25) is 5.91 Å². The molecule has 0 radical (unpaired) electrons. The van der Waals surface area contributed by atoms with Crippen molar-refractivity contribution in [3.8, 4) is 0 Å². The molecule has 0 aliphatic carbocycles. The molecule has 0 aromatic heterocycles. The van der Waals surface area contributed by atoms with Gasteiger partial charge in [0.15, 0.2) is 0 Å². The predicted molar refractivity (Wildman–Crippen MR) is 64.1 cm³/mol. The highest BCUT2D eigenvalue weighted by molar-refractivity contribution is 5.95. The van der Waals surface area contributed by atoms with E-state index in [0.29, 0.717) is 18.7 Å². The van der Waals surface area contributed by atoms with E-state index in [2.05, 4.69) is 10.6 Å². The summed E-state index contributed by atoms with van der Waals surface area (Å²) in [7, 11) is 0. The van der Waals surface area contributed by atoms with Crippen LogP contribution >= 0.6 is 0 Å². The van der Waals surface area contributed by atoms with E-state index >= 15 is 0 Å². The SMILES string of the molecule is O=C(Nc1ccc([N+](=O)[O-])cc1)[C@@H]1C[C@@H](O)CN1. The van der Waals surface area contributed by atoms with E-state index in [-0.39, 0.29) is 11.6 Å². The number of anilines is 1. The van der Waals surface area contributed by atoms with Crippen molar-refractivity contribution in [1.29, 1.82) is 0 Å². The molecule has 3 N–H and O–H groups in total. The molecule has 1 aliphatic heterocycles. The summed E-state index contributed by atoms with van der Waals surface area (Å²) in [6.45, 7) is 0.401. The Bertz CT molecular complexity index is 460. The van der Waals surface area contributed by atoms with Crippen LogP contribution in [0.5, 0.6) is 0 Å². The average Bonchev–Trinajstić information content (AvgIpc) is 2.76. The molecule has 7 heteroatoms. The van der Waals surface area contributed by atoms with Gasteiger partial charge in [-0.1, -0.05) is 0 Å². The number of carbonyl (C=O) groups is 1. The number of hydrogen-bond donors (Lipinski definition) is 3. The molecule has 1 heterocycles. The first kappa shape index (κ1) is 12.5. The van der Waals surface area contributed by atoms with Crippen molar-refractivity contribution < 1.29 is 14.8 Å². The molecular formula is C11H13N3O4. The van der Waals surface area contributed by atoms with Gasteiger partial charge in [-0.3, -0.25) is 14.9 Å². The third kappa shape index (κ3) is 2.82. The zero-order valence-corrected chi connectivity index (χ0v) is 9.50. The van der Waals surface area contributed by atoms with Crippen LogP contribution in [0.4, 0.5) is 11.4 Å². The number of nitro benzene ring substituents is 1. The molecular weight excluding hydrogens is 238 g/mol. The number of nitrogens with one attached hydrogen (secondary N) is 2. The first-order chi connectivity index (χ1) is 8.56. The Morgan fingerprint density at radius 3 is 2.61 bits per heavy atom. The summed E-state index contributed by atoms with van der Waals surface area (Å²) in [4.78, 5) is 21.7. The number of nitro groups is 1. The standard InChI is InChI=1S/C11H13N3O4/c15-9-5-10(12-6-9)11(16)13-7-1-3-8(4-2-7)14(17)18/h1-4,9-10,12,15H,5-6H2,(H,13,16)/t9-,10+/m1/s1. The van der Waals surface area contributed by atoms with Crippen molar-refractivity contribution in [3.63, 3.8) is 0 Å². The fraction of sp³-hybridized carbons (Fsp3) is 0.364. The molecule has 2 atom stereocenters. The van der Waals surface area contributed by atoms with Gasteiger partial charge in [0.05, 0.1) is 17.1 Å². The van der Waals surface area contributed by atoms with Crippen molar-refractivity contribution in [3.05, 3.63) is 34.4 Å². The number of carbonyl (C=O) groups excluding carboxylic acids is 1. The summed E-state index contributed by atoms with van der Waals surface area (Å²) in [6, 6.07) is 5.18. The number of aliphatic hydroxyl groups is 1. The molecule has 1 aliphatic rings. The van der Waals surface area contributed by atoms with Gasteiger partial charge >= 0.3 is 0 Å². The van der Waals surface area contributed by atoms with E-state index in [9.17, 15) is 20.0 Å². The number of nitrogens with zero attached hydrogens (tertiary/aromatic N) is 1. The Labute approximate surface area is 103 Å². The summed E-state index contributed by atoms with van der Waals surface area (Å²) >= 11 is 0. The van der Waals surface area contributed by atoms with Gasteiger partial charge in [0.25, 0.3) is 5.69 Å². The van der Waals surface area contributed by atoms with E-state index in [1.54, 1.807) is 0 Å². The lowest BCUT2D eigenvalue weighted by molar-refractivity contribution is -0.384. The molecule has 96 valence electrons. The second kappa shape index (κ2) is 5.11. The maximum Gasteiger partial charge on any atom is 0.269 e. The smallest absolute Gasteiger partial charge is 0.269 e. The molecule has 0 unspecified atom stereocenters. The topological polar surface area (TPSA) is 104 Å². The molecule has 1 amide bonds. The highest BCUT2D eigenvalue weighted by atomic mass is 16.6. The van der Waals surface area contributed by atoms with E-state index in [4.69, 9.17) is 0 Å². The number of amides is 1. The van der Waals surface area contributed by atoms with Crippen LogP contribution in [-0.4, -0.2) is 34.6 Å². The molecule has 1 aromatic carbocycles. The van der Waals surface area contributed by atoms with Crippen LogP contribution in [0.1, 0.15) is 6.42 Å². The van der Waals surface area contributed by atoms with Gasteiger partial charge < -0.3 is 15.7 Å². The predicted octanol–water partition coefficient (Wildman–Crippen LogP) is 0.256. The zero-order chi connectivity index (χ0) is 13.1. The second-order valence-electron chi connectivity index (χ2n) is 4.14. The first-order valence-electron chi connectivity index (χ1n) is 5.53. The average molecular weight is 251 g/mol. The van der Waals surface area contributed by atoms with Crippen LogP contribution in [0.2, 0.25) is 0 Å². The minimum atomic E-state index is -0.502. The van der Waals surface area contributed by atoms with E-state index < -0.39 is 17.1 Å². The molecule has 1 saturated heterocycles. The van der Waals surface area contributed by atoms with Crippen molar-refractivity contribution in [1.82, 2.24) is 5.32 Å². The quantitative estimate of drug-likeness (QED) is 0.528. The lowest BCUT2D eigenvalue weighted by atomic mass is 10.2. The molecule has 0 spiro atoms. The Balaban J connectivity index is 1.97. The van der Waals surface area contributed by atoms with Crippen molar-refractivity contribution in [2.75, 3.05) is 11.9 Å². The van der Waals surface area contributed by atoms with E-state index in [0.717, 1.165) is 0 Å². The molecule has 2 rings (SSSR count). The lowest BCUT2D eigenvalue weighted by Crippen LogP contribution is -2.35. The maximum absolute atomic E-state index is 11.8. The summed E-state index contributed by atoms with van der Waals surface area (Å²) in [5.41, 5.74) is 0.469. The third-order valence-electron chi connectivity index (χ3n) is 2.77. The Morgan fingerprint density at radius 1 is 1.44 bits per heavy atom. The largest absolute Gasteiger partial charge is 0.392 e. The van der Waals surface area contributed by atoms with Crippen LogP contribution in [0, 0.1) is 10.1 Å². The van der Waals surface area contributed by atoms with Crippen molar-refractivity contribution in [2.24, 2.45) is 0 Å². The summed E-state index contributed by atoms with van der Waals surface area (Å²) in [6.07, 6.45) is -0.128. The number of β-amino-alcohol motifs (C(OH)–C–C–N with tert-alkyl or cyclic N) is 1. The van der Waals surface area contributed by atoms with E-state index in [1.165, 1.54) is 24.3 Å². The lowest BCUT2D eigenvalue weighted by Gasteiger charge is -2.10. The fourth-order valence-electron chi connectivity index (χ4n) is 1.81. The molecule has 0 saturated carbocycles. The van der Waals surface area contributed by atoms with Gasteiger partial charge in [-0.2, -0.15) is 0 Å². The van der Waals surface area contributed by atoms with Crippen LogP contribution in [-0.2, 0) is 4.79 Å². The van der Waals surface area contributed by atoms with E-state index in [1.807, 2.05) is 0 Å². The van der Waals surface area contributed by atoms with Crippen molar-refractivity contribution >= 4 is 17.3 Å². The highest BCUT2D eigenvalue weighted by Crippen LogP contribution is 2.16. The number of hydrogen-bond acceptors (Lipinski definition) is 5. The maximum atomic E-state index is 11.8. The van der Waals surface area contributed by atoms with Gasteiger partial charge in [0, 0.05) is 24.4 Å². The fourth-order valence-corrected chi connectivity index (χ4v) is 1.81. The number of rotatable bonds is 3. The van der Waals surface area contributed by atoms with Crippen LogP contribution in [0.25, 0.3) is 0 Å². The molecule has 1 fully saturated rings. The molecule has 18 heavy (non-hydrogen) atoms. The normalized spacial score (nSPS) is 22.7. The summed E-state index contributed by atoms with van der Waals surface area (Å²) < 4.78 is 0. The minimum Gasteiger partial charge on any atom is -0.392 e. The third-order valence-corrected chi connectivity index (χ3v) is 2.77. The Morgan fingerprint density at radius 2 is 2.11 bits per heavy atom. The van der Waals surface area contributed by atoms with Crippen LogP contribution in [0.3, 0.4) is 0 Å². The number of non-ortho nitro benzene ring substituents is 1. The summed E-state index contributed by atoms with van der Waals surface area (Å²) in [5.74, 6) is -0.250. The van der Waals surface area contributed by atoms with Crippen LogP contribution in [0.15, 0.2) is 24.3 Å². The number of aliphatic hydroxyl groups excluding tert-OH is 1. The zero-order valence-electron chi connectivity index (χ0n) is 9.50. The number of benzene rings is 1. The first-order valence-corrected chi connectivity index (χ1v) is 5.53. The molecule has 1 aromatic rings. The summed E-state index contributed by atoms with van der Waals surface area (Å²) in [5, 5.41) is 25.3. The Kier molecular flexibility index (Phi) is 3.54.